The highest BCUT2D eigenvalue weighted by atomic mass is 16.5. The molecule has 35 heavy (non-hydrogen) atoms. The summed E-state index contributed by atoms with van der Waals surface area (Å²) in [7, 11) is 1.52. The second kappa shape index (κ2) is 10.5. The molecule has 1 aliphatic carbocycles. The Bertz CT molecular complexity index is 1050. The number of alkyl carbamates (subject to hydrolysis) is 1. The number of ether oxygens (including phenoxy) is 2. The molecule has 2 amide bonds. The first-order valence-electron chi connectivity index (χ1n) is 12.0. The number of carboxylic acids is 1. The lowest BCUT2D eigenvalue weighted by molar-refractivity contribution is -0.159. The van der Waals surface area contributed by atoms with Gasteiger partial charge in [-0.3, -0.25) is 4.79 Å². The first-order valence-corrected chi connectivity index (χ1v) is 12.0. The number of hydrogen-bond acceptors (Lipinski definition) is 5. The SMILES string of the molecule is CC(CCCNC(=O)OCC1c2ccccc2-c2ccccc21)C(=O)N(C)C1(C(=O)O)CCOC1. The second-order valence-corrected chi connectivity index (χ2v) is 9.33. The van der Waals surface area contributed by atoms with Crippen molar-refractivity contribution in [3.05, 3.63) is 59.7 Å². The minimum atomic E-state index is -1.30. The van der Waals surface area contributed by atoms with Crippen molar-refractivity contribution in [2.24, 2.45) is 5.92 Å². The Labute approximate surface area is 205 Å². The largest absolute Gasteiger partial charge is 0.479 e. The van der Waals surface area contributed by atoms with Crippen molar-refractivity contribution in [3.63, 3.8) is 0 Å². The molecule has 2 N–H and O–H groups in total. The van der Waals surface area contributed by atoms with Crippen LogP contribution in [0.1, 0.15) is 43.2 Å². The molecule has 0 aromatic heterocycles. The van der Waals surface area contributed by atoms with Crippen molar-refractivity contribution in [1.29, 1.82) is 0 Å². The lowest BCUT2D eigenvalue weighted by atomic mass is 9.94. The van der Waals surface area contributed by atoms with E-state index in [9.17, 15) is 19.5 Å². The molecule has 8 heteroatoms. The van der Waals surface area contributed by atoms with Gasteiger partial charge in [-0.15, -0.1) is 0 Å². The van der Waals surface area contributed by atoms with Crippen molar-refractivity contribution in [2.75, 3.05) is 33.4 Å². The molecule has 0 saturated carbocycles. The average molecular weight is 481 g/mol. The van der Waals surface area contributed by atoms with E-state index >= 15 is 0 Å². The number of fused-ring (bicyclic) bond motifs is 3. The Balaban J connectivity index is 1.22. The summed E-state index contributed by atoms with van der Waals surface area (Å²) in [6, 6.07) is 16.3. The first-order chi connectivity index (χ1) is 16.8. The zero-order valence-corrected chi connectivity index (χ0v) is 20.2. The molecule has 1 heterocycles. The van der Waals surface area contributed by atoms with Gasteiger partial charge in [0.2, 0.25) is 5.91 Å². The molecule has 8 nitrogen and oxygen atoms in total. The van der Waals surface area contributed by atoms with Crippen LogP contribution in [0, 0.1) is 5.92 Å². The predicted octanol–water partition coefficient (Wildman–Crippen LogP) is 3.64. The second-order valence-electron chi connectivity index (χ2n) is 9.33. The molecular weight excluding hydrogens is 448 g/mol. The van der Waals surface area contributed by atoms with Gasteiger partial charge in [0.25, 0.3) is 0 Å². The van der Waals surface area contributed by atoms with Gasteiger partial charge in [-0.05, 0) is 35.1 Å². The van der Waals surface area contributed by atoms with Gasteiger partial charge in [0, 0.05) is 38.5 Å². The van der Waals surface area contributed by atoms with E-state index in [-0.39, 0.29) is 37.4 Å². The summed E-state index contributed by atoms with van der Waals surface area (Å²) in [5, 5.41) is 12.4. The smallest absolute Gasteiger partial charge is 0.407 e. The number of carbonyl (C=O) groups excluding carboxylic acids is 2. The Morgan fingerprint density at radius 3 is 2.34 bits per heavy atom. The van der Waals surface area contributed by atoms with Crippen LogP contribution in [0.25, 0.3) is 11.1 Å². The van der Waals surface area contributed by atoms with E-state index in [4.69, 9.17) is 9.47 Å². The number of hydrogen-bond donors (Lipinski definition) is 2. The van der Waals surface area contributed by atoms with Crippen molar-refractivity contribution in [2.45, 2.75) is 37.6 Å². The maximum Gasteiger partial charge on any atom is 0.407 e. The van der Waals surface area contributed by atoms with Crippen LogP contribution in [-0.2, 0) is 19.1 Å². The number of benzene rings is 2. The van der Waals surface area contributed by atoms with E-state index in [1.165, 1.54) is 23.1 Å². The van der Waals surface area contributed by atoms with E-state index in [1.807, 2.05) is 24.3 Å². The highest BCUT2D eigenvalue weighted by molar-refractivity contribution is 5.88. The number of nitrogens with one attached hydrogen (secondary N) is 1. The van der Waals surface area contributed by atoms with Crippen LogP contribution in [0.5, 0.6) is 0 Å². The number of likely N-dealkylation sites (N-methyl/N-ethyl adjacent to an activating group) is 1. The van der Waals surface area contributed by atoms with Gasteiger partial charge in [-0.2, -0.15) is 0 Å². The summed E-state index contributed by atoms with van der Waals surface area (Å²) >= 11 is 0. The Hall–Kier alpha value is -3.39. The van der Waals surface area contributed by atoms with Crippen LogP contribution >= 0.6 is 0 Å². The molecule has 2 aromatic rings. The zero-order valence-electron chi connectivity index (χ0n) is 20.2. The van der Waals surface area contributed by atoms with E-state index in [1.54, 1.807) is 6.92 Å². The average Bonchev–Trinajstić information content (AvgIpc) is 3.49. The fourth-order valence-corrected chi connectivity index (χ4v) is 5.04. The summed E-state index contributed by atoms with van der Waals surface area (Å²) in [6.07, 6.45) is 0.877. The molecule has 0 radical (unpaired) electrons. The van der Waals surface area contributed by atoms with Crippen LogP contribution in [0.2, 0.25) is 0 Å². The van der Waals surface area contributed by atoms with Crippen LogP contribution in [-0.4, -0.2) is 66.9 Å². The van der Waals surface area contributed by atoms with E-state index in [0.717, 1.165) is 11.1 Å². The van der Waals surface area contributed by atoms with Crippen molar-refractivity contribution in [1.82, 2.24) is 10.2 Å². The van der Waals surface area contributed by atoms with Gasteiger partial charge in [-0.1, -0.05) is 55.5 Å². The first kappa shape index (κ1) is 24.7. The Kier molecular flexibility index (Phi) is 7.40. The van der Waals surface area contributed by atoms with E-state index < -0.39 is 17.6 Å². The normalized spacial score (nSPS) is 19.5. The molecule has 2 atom stereocenters. The van der Waals surface area contributed by atoms with Crippen LogP contribution < -0.4 is 5.32 Å². The predicted molar refractivity (Wildman–Crippen MR) is 130 cm³/mol. The summed E-state index contributed by atoms with van der Waals surface area (Å²) in [4.78, 5) is 38.2. The van der Waals surface area contributed by atoms with Crippen molar-refractivity contribution in [3.8, 4) is 11.1 Å². The quantitative estimate of drug-likeness (QED) is 0.531. The van der Waals surface area contributed by atoms with Crippen LogP contribution in [0.3, 0.4) is 0 Å². The van der Waals surface area contributed by atoms with Gasteiger partial charge in [0.05, 0.1) is 6.61 Å². The number of carbonyl (C=O) groups is 3. The molecule has 2 aromatic carbocycles. The molecule has 0 bridgehead atoms. The molecule has 1 saturated heterocycles. The zero-order chi connectivity index (χ0) is 25.0. The summed E-state index contributed by atoms with van der Waals surface area (Å²) in [5.41, 5.74) is 3.36. The maximum absolute atomic E-state index is 12.8. The van der Waals surface area contributed by atoms with E-state index in [0.29, 0.717) is 26.0 Å². The molecule has 1 fully saturated rings. The number of aliphatic carboxylic acids is 1. The van der Waals surface area contributed by atoms with Crippen molar-refractivity contribution < 1.29 is 29.0 Å². The van der Waals surface area contributed by atoms with E-state index in [2.05, 4.69) is 29.6 Å². The lowest BCUT2D eigenvalue weighted by Crippen LogP contribution is -2.57. The van der Waals surface area contributed by atoms with Gasteiger partial charge < -0.3 is 24.8 Å². The Morgan fingerprint density at radius 2 is 1.77 bits per heavy atom. The molecule has 0 spiro atoms. The maximum atomic E-state index is 12.8. The summed E-state index contributed by atoms with van der Waals surface area (Å²) in [6.45, 7) is 2.71. The lowest BCUT2D eigenvalue weighted by Gasteiger charge is -2.35. The van der Waals surface area contributed by atoms with Gasteiger partial charge in [0.1, 0.15) is 6.61 Å². The number of amides is 2. The fourth-order valence-electron chi connectivity index (χ4n) is 5.04. The third-order valence-corrected chi connectivity index (χ3v) is 7.22. The molecular formula is C27H32N2O6. The molecule has 4 rings (SSSR count). The Morgan fingerprint density at radius 1 is 1.14 bits per heavy atom. The molecule has 186 valence electrons. The summed E-state index contributed by atoms with van der Waals surface area (Å²) < 4.78 is 10.8. The third kappa shape index (κ3) is 4.89. The molecule has 1 aliphatic heterocycles. The van der Waals surface area contributed by atoms with Crippen molar-refractivity contribution >= 4 is 18.0 Å². The van der Waals surface area contributed by atoms with Gasteiger partial charge in [0.15, 0.2) is 5.54 Å². The highest BCUT2D eigenvalue weighted by Crippen LogP contribution is 2.44. The summed E-state index contributed by atoms with van der Waals surface area (Å²) in [5.74, 6) is -1.65. The topological polar surface area (TPSA) is 105 Å². The highest BCUT2D eigenvalue weighted by Gasteiger charge is 2.48. The monoisotopic (exact) mass is 480 g/mol. The number of carboxylic acid groups (broad SMARTS) is 1. The standard InChI is InChI=1S/C27H32N2O6/c1-18(24(30)29(2)27(25(31)32)13-15-34-17-27)8-7-14-28-26(33)35-16-23-21-11-5-3-9-19(21)20-10-4-6-12-22(20)23/h3-6,9-12,18,23H,7-8,13-17H2,1-2H3,(H,28,33)(H,31,32). The van der Waals surface area contributed by atoms with Crippen LogP contribution in [0.15, 0.2) is 48.5 Å². The van der Waals surface area contributed by atoms with Gasteiger partial charge in [-0.25, -0.2) is 9.59 Å². The molecule has 2 aliphatic rings. The molecule has 2 unspecified atom stereocenters. The number of nitrogens with zero attached hydrogens (tertiary/aromatic N) is 1. The number of rotatable bonds is 9. The minimum absolute atomic E-state index is 0.000628. The minimum Gasteiger partial charge on any atom is -0.479 e. The van der Waals surface area contributed by atoms with Crippen LogP contribution in [0.4, 0.5) is 4.79 Å². The fraction of sp³-hybridized carbons (Fsp3) is 0.444. The third-order valence-electron chi connectivity index (χ3n) is 7.22. The van der Waals surface area contributed by atoms with Gasteiger partial charge >= 0.3 is 12.1 Å².